The van der Waals surface area contributed by atoms with Crippen LogP contribution in [0.1, 0.15) is 18.8 Å². The molecule has 1 unspecified atom stereocenters. The Morgan fingerprint density at radius 2 is 2.33 bits per heavy atom. The Morgan fingerprint density at radius 3 is 3.11 bits per heavy atom. The monoisotopic (exact) mass is 264 g/mol. The van der Waals surface area contributed by atoms with Crippen molar-refractivity contribution in [3.63, 3.8) is 0 Å². The van der Waals surface area contributed by atoms with Crippen molar-refractivity contribution in [1.29, 1.82) is 0 Å². The molecule has 0 radical (unpaired) electrons. The second kappa shape index (κ2) is 4.22. The first kappa shape index (κ1) is 10.9. The molecular formula is C9H9ClN8. The highest BCUT2D eigenvalue weighted by atomic mass is 35.5. The zero-order valence-corrected chi connectivity index (χ0v) is 10.1. The maximum absolute atomic E-state index is 5.87. The summed E-state index contributed by atoms with van der Waals surface area (Å²) in [6.45, 7) is 1.89. The largest absolute Gasteiger partial charge is 0.343 e. The van der Waals surface area contributed by atoms with Gasteiger partial charge in [-0.1, -0.05) is 16.8 Å². The summed E-state index contributed by atoms with van der Waals surface area (Å²) >= 11 is 5.87. The van der Waals surface area contributed by atoms with Crippen LogP contribution in [0, 0.1) is 0 Å². The third-order valence-electron chi connectivity index (χ3n) is 2.39. The van der Waals surface area contributed by atoms with E-state index in [1.165, 1.54) is 0 Å². The number of hydrogen-bond acceptors (Lipinski definition) is 6. The number of anilines is 1. The Labute approximate surface area is 106 Å². The van der Waals surface area contributed by atoms with Crippen LogP contribution in [0.25, 0.3) is 5.65 Å². The highest BCUT2D eigenvalue weighted by Crippen LogP contribution is 2.15. The van der Waals surface area contributed by atoms with Crippen molar-refractivity contribution in [2.75, 3.05) is 5.32 Å². The van der Waals surface area contributed by atoms with Crippen molar-refractivity contribution < 1.29 is 0 Å². The van der Waals surface area contributed by atoms with Gasteiger partial charge in [0.05, 0.1) is 11.1 Å². The number of nitrogens with zero attached hydrogens (tertiary/aromatic N) is 6. The van der Waals surface area contributed by atoms with Gasteiger partial charge in [0, 0.05) is 6.20 Å². The molecule has 8 nitrogen and oxygen atoms in total. The van der Waals surface area contributed by atoms with E-state index in [9.17, 15) is 0 Å². The maximum atomic E-state index is 5.87. The molecule has 0 saturated heterocycles. The molecule has 0 spiro atoms. The quantitative estimate of drug-likeness (QED) is 0.734. The minimum absolute atomic E-state index is 0.142. The molecule has 0 fully saturated rings. The van der Waals surface area contributed by atoms with Crippen LogP contribution in [0.3, 0.4) is 0 Å². The van der Waals surface area contributed by atoms with Gasteiger partial charge in [-0.15, -0.1) is 15.3 Å². The van der Waals surface area contributed by atoms with Crippen LogP contribution in [0.15, 0.2) is 18.3 Å². The Bertz CT molecular complexity index is 660. The number of aromatic amines is 1. The van der Waals surface area contributed by atoms with E-state index >= 15 is 0 Å². The Kier molecular flexibility index (Phi) is 2.56. The summed E-state index contributed by atoms with van der Waals surface area (Å²) in [5.74, 6) is 1.03. The van der Waals surface area contributed by atoms with Crippen LogP contribution < -0.4 is 5.32 Å². The molecule has 0 aliphatic rings. The Hall–Kier alpha value is -2.22. The van der Waals surface area contributed by atoms with E-state index < -0.39 is 0 Å². The lowest BCUT2D eigenvalue weighted by Crippen LogP contribution is -2.09. The van der Waals surface area contributed by atoms with Crippen molar-refractivity contribution in [3.8, 4) is 0 Å². The number of H-pyrrole nitrogens is 1. The summed E-state index contributed by atoms with van der Waals surface area (Å²) in [5.41, 5.74) is 0.710. The molecule has 3 aromatic heterocycles. The van der Waals surface area contributed by atoms with E-state index in [1.54, 1.807) is 22.8 Å². The maximum Gasteiger partial charge on any atom is 0.243 e. The fourth-order valence-electron chi connectivity index (χ4n) is 1.53. The van der Waals surface area contributed by atoms with E-state index in [0.29, 0.717) is 22.4 Å². The van der Waals surface area contributed by atoms with Gasteiger partial charge < -0.3 is 5.32 Å². The van der Waals surface area contributed by atoms with Gasteiger partial charge in [0.25, 0.3) is 0 Å². The van der Waals surface area contributed by atoms with Gasteiger partial charge >= 0.3 is 0 Å². The van der Waals surface area contributed by atoms with Gasteiger partial charge in [0.2, 0.25) is 5.95 Å². The van der Waals surface area contributed by atoms with Crippen LogP contribution in [0.2, 0.25) is 5.02 Å². The third kappa shape index (κ3) is 1.97. The molecule has 0 bridgehead atoms. The second-order valence-electron chi connectivity index (χ2n) is 3.72. The summed E-state index contributed by atoms with van der Waals surface area (Å²) < 4.78 is 1.60. The minimum Gasteiger partial charge on any atom is -0.343 e. The van der Waals surface area contributed by atoms with Crippen LogP contribution in [-0.4, -0.2) is 35.2 Å². The van der Waals surface area contributed by atoms with Crippen molar-refractivity contribution in [1.82, 2.24) is 35.2 Å². The SMILES string of the molecule is CC(Nc1nc2ccc(Cl)cn2n1)c1nn[nH]n1. The zero-order valence-electron chi connectivity index (χ0n) is 9.37. The van der Waals surface area contributed by atoms with Crippen molar-refractivity contribution in [2.24, 2.45) is 0 Å². The van der Waals surface area contributed by atoms with E-state index in [-0.39, 0.29) is 6.04 Å². The standard InChI is InChI=1S/C9H9ClN8/c1-5(8-13-16-17-14-8)11-9-12-7-3-2-6(10)4-18(7)15-9/h2-5H,1H3,(H,11,15)(H,13,14,16,17). The first-order valence-corrected chi connectivity index (χ1v) is 5.62. The molecule has 0 aliphatic carbocycles. The van der Waals surface area contributed by atoms with Crippen molar-refractivity contribution in [2.45, 2.75) is 13.0 Å². The van der Waals surface area contributed by atoms with Crippen molar-refractivity contribution >= 4 is 23.2 Å². The number of halogens is 1. The molecule has 2 N–H and O–H groups in total. The smallest absolute Gasteiger partial charge is 0.243 e. The lowest BCUT2D eigenvalue weighted by atomic mass is 10.3. The van der Waals surface area contributed by atoms with Crippen LogP contribution >= 0.6 is 11.6 Å². The minimum atomic E-state index is -0.142. The summed E-state index contributed by atoms with van der Waals surface area (Å²) in [7, 11) is 0. The Balaban J connectivity index is 1.86. The van der Waals surface area contributed by atoms with Crippen LogP contribution in [0.4, 0.5) is 5.95 Å². The van der Waals surface area contributed by atoms with E-state index in [1.807, 2.05) is 6.92 Å². The fourth-order valence-corrected chi connectivity index (χ4v) is 1.69. The molecule has 3 rings (SSSR count). The number of hydrogen-bond donors (Lipinski definition) is 2. The molecular weight excluding hydrogens is 256 g/mol. The predicted molar refractivity (Wildman–Crippen MR) is 64.2 cm³/mol. The molecule has 92 valence electrons. The molecule has 3 heterocycles. The van der Waals surface area contributed by atoms with E-state index in [0.717, 1.165) is 0 Å². The highest BCUT2D eigenvalue weighted by Gasteiger charge is 2.12. The van der Waals surface area contributed by atoms with Gasteiger partial charge in [-0.25, -0.2) is 4.52 Å². The summed E-state index contributed by atoms with van der Waals surface area (Å²) in [6.07, 6.45) is 1.69. The molecule has 0 amide bonds. The average molecular weight is 265 g/mol. The van der Waals surface area contributed by atoms with Gasteiger partial charge in [-0.2, -0.15) is 10.2 Å². The first-order valence-electron chi connectivity index (χ1n) is 5.24. The second-order valence-corrected chi connectivity index (χ2v) is 4.16. The number of nitrogens with one attached hydrogen (secondary N) is 2. The highest BCUT2D eigenvalue weighted by molar-refractivity contribution is 6.30. The lowest BCUT2D eigenvalue weighted by Gasteiger charge is -2.05. The zero-order chi connectivity index (χ0) is 12.5. The number of fused-ring (bicyclic) bond motifs is 1. The first-order chi connectivity index (χ1) is 8.72. The van der Waals surface area contributed by atoms with Crippen LogP contribution in [0.5, 0.6) is 0 Å². The van der Waals surface area contributed by atoms with Gasteiger partial charge in [-0.05, 0) is 19.1 Å². The number of tetrazole rings is 1. The number of rotatable bonds is 3. The number of pyridine rings is 1. The van der Waals surface area contributed by atoms with Gasteiger partial charge in [0.15, 0.2) is 11.5 Å². The lowest BCUT2D eigenvalue weighted by molar-refractivity contribution is 0.779. The van der Waals surface area contributed by atoms with Gasteiger partial charge in [-0.3, -0.25) is 0 Å². The molecule has 3 aromatic rings. The van der Waals surface area contributed by atoms with E-state index in [4.69, 9.17) is 11.6 Å². The molecule has 18 heavy (non-hydrogen) atoms. The topological polar surface area (TPSA) is 96.7 Å². The summed E-state index contributed by atoms with van der Waals surface area (Å²) in [5, 5.41) is 21.6. The van der Waals surface area contributed by atoms with Crippen molar-refractivity contribution in [3.05, 3.63) is 29.2 Å². The summed E-state index contributed by atoms with van der Waals surface area (Å²) in [4.78, 5) is 4.30. The molecule has 1 atom stereocenters. The predicted octanol–water partition coefficient (Wildman–Crippen LogP) is 1.07. The summed E-state index contributed by atoms with van der Waals surface area (Å²) in [6, 6.07) is 3.41. The third-order valence-corrected chi connectivity index (χ3v) is 2.61. The fraction of sp³-hybridized carbons (Fsp3) is 0.222. The average Bonchev–Trinajstić information content (AvgIpc) is 2.95. The molecule has 9 heteroatoms. The van der Waals surface area contributed by atoms with E-state index in [2.05, 4.69) is 36.0 Å². The molecule has 0 aliphatic heterocycles. The Morgan fingerprint density at radius 1 is 1.44 bits per heavy atom. The number of aromatic nitrogens is 7. The van der Waals surface area contributed by atoms with Crippen LogP contribution in [-0.2, 0) is 0 Å². The molecule has 0 aromatic carbocycles. The molecule has 0 saturated carbocycles. The van der Waals surface area contributed by atoms with Gasteiger partial charge in [0.1, 0.15) is 0 Å². The normalized spacial score (nSPS) is 12.8.